The fraction of sp³-hybridized carbons (Fsp3) is 0.250. The van der Waals surface area contributed by atoms with Crippen molar-refractivity contribution in [2.45, 2.75) is 19.8 Å². The van der Waals surface area contributed by atoms with E-state index in [1.54, 1.807) is 0 Å². The van der Waals surface area contributed by atoms with Gasteiger partial charge >= 0.3 is 0 Å². The van der Waals surface area contributed by atoms with Crippen LogP contribution in [0.4, 0.5) is 11.4 Å². The van der Waals surface area contributed by atoms with Gasteiger partial charge in [0.2, 0.25) is 0 Å². The molecule has 0 radical (unpaired) electrons. The zero-order chi connectivity index (χ0) is 12.8. The van der Waals surface area contributed by atoms with E-state index in [-0.39, 0.29) is 0 Å². The largest absolute Gasteiger partial charge is 0.398 e. The topological polar surface area (TPSA) is 38.0 Å². The molecule has 0 saturated carbocycles. The average molecular weight is 240 g/mol. The van der Waals surface area contributed by atoms with Gasteiger partial charge < -0.3 is 11.1 Å². The van der Waals surface area contributed by atoms with E-state index in [0.717, 1.165) is 36.3 Å². The molecule has 0 aliphatic carbocycles. The molecule has 0 atom stereocenters. The fourth-order valence-corrected chi connectivity index (χ4v) is 2.01. The van der Waals surface area contributed by atoms with Gasteiger partial charge in [0.1, 0.15) is 0 Å². The van der Waals surface area contributed by atoms with Gasteiger partial charge in [0, 0.05) is 17.9 Å². The maximum Gasteiger partial charge on any atom is 0.0390 e. The van der Waals surface area contributed by atoms with Crippen molar-refractivity contribution in [2.24, 2.45) is 0 Å². The number of hydrogen-bond acceptors (Lipinski definition) is 2. The Kier molecular flexibility index (Phi) is 4.24. The molecular weight excluding hydrogens is 220 g/mol. The van der Waals surface area contributed by atoms with E-state index in [1.807, 2.05) is 12.1 Å². The Morgan fingerprint density at radius 3 is 2.56 bits per heavy atom. The van der Waals surface area contributed by atoms with Crippen molar-refractivity contribution in [1.82, 2.24) is 0 Å². The summed E-state index contributed by atoms with van der Waals surface area (Å²) >= 11 is 0. The third kappa shape index (κ3) is 3.27. The van der Waals surface area contributed by atoms with E-state index in [4.69, 9.17) is 5.73 Å². The zero-order valence-electron chi connectivity index (χ0n) is 10.8. The second kappa shape index (κ2) is 6.10. The lowest BCUT2D eigenvalue weighted by Gasteiger charge is -2.11. The molecule has 2 nitrogen and oxygen atoms in total. The summed E-state index contributed by atoms with van der Waals surface area (Å²) in [5.41, 5.74) is 10.4. The van der Waals surface area contributed by atoms with E-state index in [1.165, 1.54) is 5.56 Å². The van der Waals surface area contributed by atoms with Gasteiger partial charge in [0.25, 0.3) is 0 Å². The van der Waals surface area contributed by atoms with Crippen molar-refractivity contribution in [2.75, 3.05) is 17.6 Å². The first-order valence-electron chi connectivity index (χ1n) is 6.40. The van der Waals surface area contributed by atoms with Crippen LogP contribution in [0.25, 0.3) is 0 Å². The summed E-state index contributed by atoms with van der Waals surface area (Å²) in [5.74, 6) is 0. The molecule has 0 aromatic heterocycles. The summed E-state index contributed by atoms with van der Waals surface area (Å²) in [5, 5.41) is 3.44. The van der Waals surface area contributed by atoms with Crippen molar-refractivity contribution in [3.05, 3.63) is 59.7 Å². The molecule has 94 valence electrons. The number of hydrogen-bond donors (Lipinski definition) is 2. The first-order valence-corrected chi connectivity index (χ1v) is 6.40. The number of benzene rings is 2. The summed E-state index contributed by atoms with van der Waals surface area (Å²) in [6.07, 6.45) is 2.23. The minimum absolute atomic E-state index is 0.850. The first-order chi connectivity index (χ1) is 8.77. The second-order valence-corrected chi connectivity index (χ2v) is 4.54. The van der Waals surface area contributed by atoms with Gasteiger partial charge in [-0.25, -0.2) is 0 Å². The van der Waals surface area contributed by atoms with Crippen LogP contribution >= 0.6 is 0 Å². The summed E-state index contributed by atoms with van der Waals surface area (Å²) in [6, 6.07) is 16.6. The predicted molar refractivity (Wildman–Crippen MR) is 78.8 cm³/mol. The summed E-state index contributed by atoms with van der Waals surface area (Å²) < 4.78 is 0. The lowest BCUT2D eigenvalue weighted by molar-refractivity contribution is 0.862. The van der Waals surface area contributed by atoms with Crippen molar-refractivity contribution >= 4 is 11.4 Å². The molecule has 2 aromatic rings. The summed E-state index contributed by atoms with van der Waals surface area (Å²) in [7, 11) is 0. The molecule has 0 amide bonds. The second-order valence-electron chi connectivity index (χ2n) is 4.54. The molecule has 0 aliphatic rings. The van der Waals surface area contributed by atoms with Gasteiger partial charge in [-0.2, -0.15) is 0 Å². The monoisotopic (exact) mass is 240 g/mol. The van der Waals surface area contributed by atoms with Gasteiger partial charge in [-0.1, -0.05) is 36.4 Å². The van der Waals surface area contributed by atoms with Crippen LogP contribution in [-0.4, -0.2) is 6.54 Å². The third-order valence-electron chi connectivity index (χ3n) is 3.18. The molecule has 0 bridgehead atoms. The molecule has 0 unspecified atom stereocenters. The molecule has 0 saturated heterocycles. The van der Waals surface area contributed by atoms with E-state index in [0.29, 0.717) is 0 Å². The van der Waals surface area contributed by atoms with Crippen LogP contribution in [0.15, 0.2) is 48.5 Å². The van der Waals surface area contributed by atoms with Gasteiger partial charge in [-0.15, -0.1) is 0 Å². The van der Waals surface area contributed by atoms with Crippen LogP contribution < -0.4 is 11.1 Å². The standard InChI is InChI=1S/C16H20N2/c1-13-15(17)10-5-11-16(13)18-12-6-9-14-7-3-2-4-8-14/h2-5,7-8,10-11,18H,6,9,12,17H2,1H3. The molecule has 18 heavy (non-hydrogen) atoms. The zero-order valence-corrected chi connectivity index (χ0v) is 10.8. The molecule has 2 aromatic carbocycles. The summed E-state index contributed by atoms with van der Waals surface area (Å²) in [6.45, 7) is 3.02. The van der Waals surface area contributed by atoms with Crippen molar-refractivity contribution in [3.8, 4) is 0 Å². The van der Waals surface area contributed by atoms with Crippen LogP contribution in [0.3, 0.4) is 0 Å². The van der Waals surface area contributed by atoms with Crippen LogP contribution in [0.1, 0.15) is 17.5 Å². The van der Waals surface area contributed by atoms with E-state index < -0.39 is 0 Å². The normalized spacial score (nSPS) is 10.3. The highest BCUT2D eigenvalue weighted by Gasteiger charge is 1.99. The number of anilines is 2. The van der Waals surface area contributed by atoms with Crippen LogP contribution in [0.2, 0.25) is 0 Å². The Balaban J connectivity index is 1.81. The number of nitrogen functional groups attached to an aromatic ring is 1. The highest BCUT2D eigenvalue weighted by Crippen LogP contribution is 2.20. The van der Waals surface area contributed by atoms with E-state index >= 15 is 0 Å². The smallest absolute Gasteiger partial charge is 0.0390 e. The number of aryl methyl sites for hydroxylation is 1. The Morgan fingerprint density at radius 2 is 1.78 bits per heavy atom. The molecule has 0 spiro atoms. The van der Waals surface area contributed by atoms with Gasteiger partial charge in [-0.3, -0.25) is 0 Å². The minimum atomic E-state index is 0.850. The lowest BCUT2D eigenvalue weighted by atomic mass is 10.1. The van der Waals surface area contributed by atoms with Crippen LogP contribution in [0.5, 0.6) is 0 Å². The molecule has 0 aliphatic heterocycles. The van der Waals surface area contributed by atoms with Gasteiger partial charge in [0.05, 0.1) is 0 Å². The molecule has 2 rings (SSSR count). The third-order valence-corrected chi connectivity index (χ3v) is 3.18. The van der Waals surface area contributed by atoms with Crippen molar-refractivity contribution in [1.29, 1.82) is 0 Å². The van der Waals surface area contributed by atoms with Crippen molar-refractivity contribution in [3.63, 3.8) is 0 Å². The predicted octanol–water partition coefficient (Wildman–Crippen LogP) is 3.62. The highest BCUT2D eigenvalue weighted by molar-refractivity contribution is 5.62. The molecule has 2 heteroatoms. The maximum absolute atomic E-state index is 5.88. The highest BCUT2D eigenvalue weighted by atomic mass is 14.9. The quantitative estimate of drug-likeness (QED) is 0.618. The molecule has 3 N–H and O–H groups in total. The number of nitrogens with two attached hydrogens (primary N) is 1. The number of rotatable bonds is 5. The Bertz CT molecular complexity index is 492. The van der Waals surface area contributed by atoms with E-state index in [2.05, 4.69) is 48.6 Å². The molecule has 0 heterocycles. The number of nitrogens with one attached hydrogen (secondary N) is 1. The van der Waals surface area contributed by atoms with E-state index in [9.17, 15) is 0 Å². The Labute approximate surface area is 109 Å². The first kappa shape index (κ1) is 12.5. The molecular formula is C16H20N2. The van der Waals surface area contributed by atoms with Gasteiger partial charge in [0.15, 0.2) is 0 Å². The average Bonchev–Trinajstić information content (AvgIpc) is 2.40. The van der Waals surface area contributed by atoms with Crippen LogP contribution in [-0.2, 0) is 6.42 Å². The molecule has 0 fully saturated rings. The minimum Gasteiger partial charge on any atom is -0.398 e. The Hall–Kier alpha value is -1.96. The Morgan fingerprint density at radius 1 is 1.00 bits per heavy atom. The summed E-state index contributed by atoms with van der Waals surface area (Å²) in [4.78, 5) is 0. The SMILES string of the molecule is Cc1c(N)cccc1NCCCc1ccccc1. The van der Waals surface area contributed by atoms with Crippen LogP contribution in [0, 0.1) is 6.92 Å². The van der Waals surface area contributed by atoms with Crippen molar-refractivity contribution < 1.29 is 0 Å². The van der Waals surface area contributed by atoms with Gasteiger partial charge in [-0.05, 0) is 43.0 Å². The maximum atomic E-state index is 5.88. The fourth-order valence-electron chi connectivity index (χ4n) is 2.01. The lowest BCUT2D eigenvalue weighted by Crippen LogP contribution is -2.05.